The molecule has 2 aromatic rings. The number of carbonyl (C=O) groups is 2. The van der Waals surface area contributed by atoms with Gasteiger partial charge in [-0.05, 0) is 37.1 Å². The summed E-state index contributed by atoms with van der Waals surface area (Å²) >= 11 is 0. The lowest BCUT2D eigenvalue weighted by Gasteiger charge is -2.22. The van der Waals surface area contributed by atoms with Crippen LogP contribution in [0.5, 0.6) is 17.2 Å². The molecule has 6 heteroatoms. The standard InChI is InChI=1S/C18H16O6/c1-8(19)3-9-4-11-16(14(5-9)24-2)18(23)15-12(17(11)22)6-10(20)7-13(15)21/h4-8,19-21H,3H2,1-2H3/t8-/m0/s1. The lowest BCUT2D eigenvalue weighted by atomic mass is 9.81. The summed E-state index contributed by atoms with van der Waals surface area (Å²) in [4.78, 5) is 25.5. The van der Waals surface area contributed by atoms with Crippen molar-refractivity contribution < 1.29 is 29.6 Å². The third-order valence-electron chi connectivity index (χ3n) is 3.96. The van der Waals surface area contributed by atoms with E-state index in [1.165, 1.54) is 13.2 Å². The zero-order valence-electron chi connectivity index (χ0n) is 13.2. The highest BCUT2D eigenvalue weighted by molar-refractivity contribution is 6.30. The monoisotopic (exact) mass is 328 g/mol. The van der Waals surface area contributed by atoms with E-state index in [1.807, 2.05) is 0 Å². The molecule has 0 aromatic heterocycles. The number of aliphatic hydroxyl groups excluding tert-OH is 1. The Kier molecular flexibility index (Phi) is 3.77. The summed E-state index contributed by atoms with van der Waals surface area (Å²) in [6.45, 7) is 1.62. The molecule has 6 nitrogen and oxygen atoms in total. The van der Waals surface area contributed by atoms with Crippen molar-refractivity contribution >= 4 is 11.6 Å². The number of aromatic hydroxyl groups is 2. The molecule has 24 heavy (non-hydrogen) atoms. The van der Waals surface area contributed by atoms with Crippen LogP contribution in [0.15, 0.2) is 24.3 Å². The lowest BCUT2D eigenvalue weighted by molar-refractivity contribution is 0.0973. The average Bonchev–Trinajstić information content (AvgIpc) is 2.50. The van der Waals surface area contributed by atoms with E-state index in [1.54, 1.807) is 13.0 Å². The molecule has 0 amide bonds. The van der Waals surface area contributed by atoms with Gasteiger partial charge >= 0.3 is 0 Å². The molecule has 3 rings (SSSR count). The van der Waals surface area contributed by atoms with Crippen LogP contribution >= 0.6 is 0 Å². The minimum atomic E-state index is -0.623. The molecule has 2 aromatic carbocycles. The Morgan fingerprint density at radius 3 is 2.29 bits per heavy atom. The predicted octanol–water partition coefficient (Wildman–Crippen LogP) is 1.81. The number of ketones is 2. The molecule has 0 fully saturated rings. The van der Waals surface area contributed by atoms with Crippen molar-refractivity contribution in [2.75, 3.05) is 7.11 Å². The number of carbonyl (C=O) groups excluding carboxylic acids is 2. The van der Waals surface area contributed by atoms with E-state index in [2.05, 4.69) is 0 Å². The summed E-state index contributed by atoms with van der Waals surface area (Å²) in [5, 5.41) is 29.2. The minimum Gasteiger partial charge on any atom is -0.508 e. The summed E-state index contributed by atoms with van der Waals surface area (Å²) in [6, 6.07) is 5.31. The van der Waals surface area contributed by atoms with E-state index in [-0.39, 0.29) is 33.8 Å². The number of phenols is 2. The van der Waals surface area contributed by atoms with Crippen LogP contribution in [-0.4, -0.2) is 40.1 Å². The van der Waals surface area contributed by atoms with Crippen molar-refractivity contribution in [3.05, 3.63) is 52.1 Å². The molecular formula is C18H16O6. The third-order valence-corrected chi connectivity index (χ3v) is 3.96. The van der Waals surface area contributed by atoms with Gasteiger partial charge in [0.25, 0.3) is 0 Å². The SMILES string of the molecule is COc1cc(C[C@H](C)O)cc2c1C(=O)c1c(O)cc(O)cc1C2=O. The number of fused-ring (bicyclic) bond motifs is 2. The topological polar surface area (TPSA) is 104 Å². The Morgan fingerprint density at radius 2 is 1.67 bits per heavy atom. The molecule has 0 bridgehead atoms. The molecule has 1 aliphatic rings. The second-order valence-corrected chi connectivity index (χ2v) is 5.82. The highest BCUT2D eigenvalue weighted by atomic mass is 16.5. The molecule has 1 atom stereocenters. The van der Waals surface area contributed by atoms with Gasteiger partial charge in [-0.2, -0.15) is 0 Å². The van der Waals surface area contributed by atoms with Gasteiger partial charge in [0, 0.05) is 17.2 Å². The largest absolute Gasteiger partial charge is 0.508 e. The average molecular weight is 328 g/mol. The van der Waals surface area contributed by atoms with Crippen molar-refractivity contribution in [2.24, 2.45) is 0 Å². The highest BCUT2D eigenvalue weighted by Gasteiger charge is 2.35. The van der Waals surface area contributed by atoms with Crippen molar-refractivity contribution in [2.45, 2.75) is 19.4 Å². The second kappa shape index (κ2) is 5.65. The van der Waals surface area contributed by atoms with Crippen molar-refractivity contribution in [1.82, 2.24) is 0 Å². The van der Waals surface area contributed by atoms with Crippen LogP contribution in [0.3, 0.4) is 0 Å². The minimum absolute atomic E-state index is 0.0544. The van der Waals surface area contributed by atoms with E-state index in [0.29, 0.717) is 12.0 Å². The van der Waals surface area contributed by atoms with Gasteiger partial charge in [0.1, 0.15) is 17.2 Å². The zero-order valence-corrected chi connectivity index (χ0v) is 13.2. The molecule has 0 aliphatic heterocycles. The Bertz CT molecular complexity index is 866. The summed E-state index contributed by atoms with van der Waals surface area (Å²) in [6.07, 6.45) is -0.328. The van der Waals surface area contributed by atoms with Gasteiger partial charge in [0.15, 0.2) is 5.78 Å². The lowest BCUT2D eigenvalue weighted by Crippen LogP contribution is -2.22. The number of hydrogen-bond donors (Lipinski definition) is 3. The van der Waals surface area contributed by atoms with E-state index < -0.39 is 23.4 Å². The summed E-state index contributed by atoms with van der Waals surface area (Å²) in [5.74, 6) is -1.58. The number of methoxy groups -OCH3 is 1. The maximum atomic E-state index is 12.8. The van der Waals surface area contributed by atoms with Crippen LogP contribution in [0.25, 0.3) is 0 Å². The predicted molar refractivity (Wildman–Crippen MR) is 85.0 cm³/mol. The molecule has 0 saturated heterocycles. The van der Waals surface area contributed by atoms with Gasteiger partial charge in [0.05, 0.1) is 24.3 Å². The Morgan fingerprint density at radius 1 is 1.00 bits per heavy atom. The summed E-state index contributed by atoms with van der Waals surface area (Å²) < 4.78 is 5.25. The van der Waals surface area contributed by atoms with Gasteiger partial charge in [-0.25, -0.2) is 0 Å². The number of phenolic OH excluding ortho intramolecular Hbond substituents is 2. The smallest absolute Gasteiger partial charge is 0.201 e. The molecule has 3 N–H and O–H groups in total. The number of hydrogen-bond acceptors (Lipinski definition) is 6. The molecule has 0 spiro atoms. The summed E-state index contributed by atoms with van der Waals surface area (Å²) in [7, 11) is 1.38. The third kappa shape index (κ3) is 2.41. The number of benzene rings is 2. The van der Waals surface area contributed by atoms with Crippen LogP contribution in [0.2, 0.25) is 0 Å². The first-order valence-electron chi connectivity index (χ1n) is 7.37. The first kappa shape index (κ1) is 16.0. The van der Waals surface area contributed by atoms with Crippen LogP contribution in [-0.2, 0) is 6.42 Å². The van der Waals surface area contributed by atoms with Gasteiger partial charge in [0.2, 0.25) is 5.78 Å². The first-order valence-corrected chi connectivity index (χ1v) is 7.37. The van der Waals surface area contributed by atoms with Crippen LogP contribution in [0.4, 0.5) is 0 Å². The van der Waals surface area contributed by atoms with Crippen LogP contribution in [0, 0.1) is 0 Å². The van der Waals surface area contributed by atoms with E-state index >= 15 is 0 Å². The van der Waals surface area contributed by atoms with Gasteiger partial charge in [-0.3, -0.25) is 9.59 Å². The van der Waals surface area contributed by atoms with Crippen LogP contribution < -0.4 is 4.74 Å². The highest BCUT2D eigenvalue weighted by Crippen LogP contribution is 2.39. The number of ether oxygens (including phenoxy) is 1. The quantitative estimate of drug-likeness (QED) is 0.677. The van der Waals surface area contributed by atoms with Crippen molar-refractivity contribution in [1.29, 1.82) is 0 Å². The number of aliphatic hydroxyl groups is 1. The van der Waals surface area contributed by atoms with Crippen molar-refractivity contribution in [3.63, 3.8) is 0 Å². The Hall–Kier alpha value is -2.86. The maximum Gasteiger partial charge on any atom is 0.201 e. The molecule has 0 heterocycles. The normalized spacial score (nSPS) is 14.1. The molecule has 1 aliphatic carbocycles. The fourth-order valence-electron chi connectivity index (χ4n) is 3.01. The Labute approximate surface area is 137 Å². The number of rotatable bonds is 3. The van der Waals surface area contributed by atoms with Gasteiger partial charge in [-0.1, -0.05) is 0 Å². The van der Waals surface area contributed by atoms with Crippen molar-refractivity contribution in [3.8, 4) is 17.2 Å². The molecule has 0 saturated carbocycles. The Balaban J connectivity index is 2.27. The maximum absolute atomic E-state index is 12.8. The van der Waals surface area contributed by atoms with E-state index in [9.17, 15) is 24.9 Å². The molecular weight excluding hydrogens is 312 g/mol. The van der Waals surface area contributed by atoms with E-state index in [4.69, 9.17) is 4.74 Å². The van der Waals surface area contributed by atoms with Gasteiger partial charge < -0.3 is 20.1 Å². The zero-order chi connectivity index (χ0) is 17.6. The van der Waals surface area contributed by atoms with E-state index in [0.717, 1.165) is 12.1 Å². The first-order chi connectivity index (χ1) is 11.3. The van der Waals surface area contributed by atoms with Crippen LogP contribution in [0.1, 0.15) is 44.3 Å². The fraction of sp³-hybridized carbons (Fsp3) is 0.222. The van der Waals surface area contributed by atoms with Gasteiger partial charge in [-0.15, -0.1) is 0 Å². The molecule has 0 radical (unpaired) electrons. The summed E-state index contributed by atoms with van der Waals surface area (Å²) in [5.41, 5.74) is 0.653. The fourth-order valence-corrected chi connectivity index (χ4v) is 3.01. The molecule has 124 valence electrons. The second-order valence-electron chi connectivity index (χ2n) is 5.82. The molecule has 0 unspecified atom stereocenters.